The van der Waals surface area contributed by atoms with Crippen LogP contribution in [0.15, 0.2) is 91.0 Å². The normalized spacial score (nSPS) is 29.0. The molecule has 0 aliphatic carbocycles. The van der Waals surface area contributed by atoms with E-state index in [0.717, 1.165) is 16.7 Å². The van der Waals surface area contributed by atoms with Gasteiger partial charge >= 0.3 is 0 Å². The van der Waals surface area contributed by atoms with Crippen molar-refractivity contribution in [1.82, 2.24) is 0 Å². The van der Waals surface area contributed by atoms with E-state index in [-0.39, 0.29) is 38.6 Å². The van der Waals surface area contributed by atoms with E-state index < -0.39 is 49.2 Å². The zero-order valence-corrected chi connectivity index (χ0v) is 25.6. The summed E-state index contributed by atoms with van der Waals surface area (Å²) >= 11 is 0. The van der Waals surface area contributed by atoms with E-state index in [9.17, 15) is 4.39 Å². The van der Waals surface area contributed by atoms with E-state index in [1.54, 1.807) is 0 Å². The molecule has 2 aliphatic rings. The molecule has 2 saturated heterocycles. The molecule has 2 heterocycles. The Morgan fingerprint density at radius 3 is 1.64 bits per heavy atom. The minimum absolute atomic E-state index is 0.0737. The van der Waals surface area contributed by atoms with Crippen LogP contribution in [0.3, 0.4) is 0 Å². The third-order valence-corrected chi connectivity index (χ3v) is 7.83. The van der Waals surface area contributed by atoms with Crippen molar-refractivity contribution in [3.8, 4) is 0 Å². The molecule has 0 bridgehead atoms. The highest BCUT2D eigenvalue weighted by Crippen LogP contribution is 2.33. The molecule has 0 saturated carbocycles. The van der Waals surface area contributed by atoms with Crippen LogP contribution in [0.2, 0.25) is 0 Å². The first-order valence-electron chi connectivity index (χ1n) is 15.2. The highest BCUT2D eigenvalue weighted by Gasteiger charge is 2.50. The van der Waals surface area contributed by atoms with Gasteiger partial charge in [-0.25, -0.2) is 4.39 Å². The zero-order chi connectivity index (χ0) is 30.9. The first-order chi connectivity index (χ1) is 21.3. The number of nitrogens with two attached hydrogens (primary N) is 1. The summed E-state index contributed by atoms with van der Waals surface area (Å²) in [5, 5.41) is 0. The monoisotopic (exact) mass is 609 g/mol. The van der Waals surface area contributed by atoms with Crippen LogP contribution in [-0.4, -0.2) is 68.0 Å². The maximum Gasteiger partial charge on any atom is 0.187 e. The quantitative estimate of drug-likeness (QED) is 0.263. The van der Waals surface area contributed by atoms with Crippen LogP contribution in [-0.2, 0) is 53.0 Å². The number of hydrogen-bond donors (Lipinski definition) is 1. The number of rotatable bonds is 14. The van der Waals surface area contributed by atoms with Crippen LogP contribution < -0.4 is 5.73 Å². The fourth-order valence-electron chi connectivity index (χ4n) is 5.71. The Morgan fingerprint density at radius 1 is 0.705 bits per heavy atom. The van der Waals surface area contributed by atoms with Crippen molar-refractivity contribution < 1.29 is 37.5 Å². The van der Waals surface area contributed by atoms with Crippen molar-refractivity contribution in [1.29, 1.82) is 0 Å². The predicted octanol–water partition coefficient (Wildman–Crippen LogP) is 5.32. The van der Waals surface area contributed by atoms with Crippen LogP contribution in [0.5, 0.6) is 0 Å². The summed E-state index contributed by atoms with van der Waals surface area (Å²) in [6, 6.07) is 28.8. The minimum Gasteiger partial charge on any atom is -0.368 e. The third kappa shape index (κ3) is 8.71. The van der Waals surface area contributed by atoms with Crippen molar-refractivity contribution in [2.24, 2.45) is 5.73 Å². The van der Waals surface area contributed by atoms with Gasteiger partial charge in [-0.1, -0.05) is 91.0 Å². The van der Waals surface area contributed by atoms with Gasteiger partial charge in [0.2, 0.25) is 0 Å². The van der Waals surface area contributed by atoms with Crippen molar-refractivity contribution in [2.75, 3.05) is 13.3 Å². The summed E-state index contributed by atoms with van der Waals surface area (Å²) in [5.41, 5.74) is 9.42. The maximum absolute atomic E-state index is 14.7. The summed E-state index contributed by atoms with van der Waals surface area (Å²) in [6.45, 7) is 5.69. The molecule has 9 heteroatoms. The van der Waals surface area contributed by atoms with Crippen LogP contribution >= 0.6 is 0 Å². The molecule has 3 aromatic carbocycles. The molecule has 0 amide bonds. The molecule has 5 rings (SSSR count). The second-order valence-electron chi connectivity index (χ2n) is 11.8. The zero-order valence-electron chi connectivity index (χ0n) is 25.6. The molecule has 2 fully saturated rings. The summed E-state index contributed by atoms with van der Waals surface area (Å²) < 4.78 is 58.5. The number of ether oxygens (including phenoxy) is 7. The summed E-state index contributed by atoms with van der Waals surface area (Å²) in [4.78, 5) is 0. The Kier molecular flexibility index (Phi) is 11.5. The number of alkyl halides is 1. The summed E-state index contributed by atoms with van der Waals surface area (Å²) in [7, 11) is 0. The Bertz CT molecular complexity index is 1250. The lowest BCUT2D eigenvalue weighted by atomic mass is 9.98. The molecule has 238 valence electrons. The molecule has 2 aliphatic heterocycles. The van der Waals surface area contributed by atoms with Gasteiger partial charge in [-0.3, -0.25) is 0 Å². The third-order valence-electron chi connectivity index (χ3n) is 7.83. The average molecular weight is 610 g/mol. The van der Waals surface area contributed by atoms with Gasteiger partial charge in [-0.15, -0.1) is 0 Å². The topological polar surface area (TPSA) is 90.6 Å². The van der Waals surface area contributed by atoms with E-state index in [2.05, 4.69) is 0 Å². The van der Waals surface area contributed by atoms with Gasteiger partial charge in [0.05, 0.1) is 38.6 Å². The Labute approximate surface area is 259 Å². The molecular weight excluding hydrogens is 565 g/mol. The first kappa shape index (κ1) is 32.7. The lowest BCUT2D eigenvalue weighted by Gasteiger charge is -2.45. The second kappa shape index (κ2) is 15.5. The Hall–Kier alpha value is -2.73. The van der Waals surface area contributed by atoms with Crippen LogP contribution in [0.1, 0.15) is 37.5 Å². The molecule has 3 aromatic rings. The van der Waals surface area contributed by atoms with Gasteiger partial charge in [0.15, 0.2) is 12.1 Å². The van der Waals surface area contributed by atoms with Crippen molar-refractivity contribution >= 4 is 0 Å². The average Bonchev–Trinajstić information content (AvgIpc) is 3.33. The van der Waals surface area contributed by atoms with E-state index >= 15 is 0 Å². The molecule has 3 unspecified atom stereocenters. The molecule has 0 spiro atoms. The van der Waals surface area contributed by atoms with Crippen molar-refractivity contribution in [3.63, 3.8) is 0 Å². The van der Waals surface area contributed by atoms with Gasteiger partial charge in [0.25, 0.3) is 0 Å². The SMILES string of the molecule is C[C@H]1OC(C)(C)O[C@H]1[C@@H](N)CO[C@H]1OC(CF)[C@@H](OCc2ccccc2)C(OCc2ccccc2)C1OCc1ccccc1. The molecule has 44 heavy (non-hydrogen) atoms. The van der Waals surface area contributed by atoms with Gasteiger partial charge in [0, 0.05) is 0 Å². The number of halogens is 1. The fourth-order valence-corrected chi connectivity index (χ4v) is 5.71. The minimum atomic E-state index is -0.978. The van der Waals surface area contributed by atoms with Gasteiger partial charge in [-0.05, 0) is 37.5 Å². The first-order valence-corrected chi connectivity index (χ1v) is 15.2. The lowest BCUT2D eigenvalue weighted by Crippen LogP contribution is -2.62. The van der Waals surface area contributed by atoms with Crippen LogP contribution in [0.25, 0.3) is 0 Å². The smallest absolute Gasteiger partial charge is 0.187 e. The summed E-state index contributed by atoms with van der Waals surface area (Å²) in [5.74, 6) is -0.747. The van der Waals surface area contributed by atoms with Crippen molar-refractivity contribution in [3.05, 3.63) is 108 Å². The number of benzene rings is 3. The van der Waals surface area contributed by atoms with Gasteiger partial charge < -0.3 is 38.9 Å². The molecule has 2 N–H and O–H groups in total. The lowest BCUT2D eigenvalue weighted by molar-refractivity contribution is -0.325. The molecular formula is C35H44FNO7. The summed E-state index contributed by atoms with van der Waals surface area (Å²) in [6.07, 6.45) is -4.80. The molecule has 0 radical (unpaired) electrons. The highest BCUT2D eigenvalue weighted by molar-refractivity contribution is 5.15. The van der Waals surface area contributed by atoms with E-state index in [4.69, 9.17) is 38.9 Å². The van der Waals surface area contributed by atoms with Crippen LogP contribution in [0.4, 0.5) is 4.39 Å². The van der Waals surface area contributed by atoms with E-state index in [1.165, 1.54) is 0 Å². The number of hydrogen-bond acceptors (Lipinski definition) is 8. The van der Waals surface area contributed by atoms with E-state index in [1.807, 2.05) is 112 Å². The van der Waals surface area contributed by atoms with Gasteiger partial charge in [-0.2, -0.15) is 0 Å². The maximum atomic E-state index is 14.7. The standard InChI is InChI=1S/C35H44FNO7/c1-24-30(44-35(2,3)43-24)28(37)23-41-34-33(40-22-27-17-11-6-12-18-27)32(39-21-26-15-9-5-10-16-26)31(29(19-36)42-34)38-20-25-13-7-4-8-14-25/h4-18,24,28-34H,19-23,37H2,1-3H3/t24-,28+,29?,30-,31-,32?,33?,34+/m1/s1. The Morgan fingerprint density at radius 2 is 1.18 bits per heavy atom. The second-order valence-corrected chi connectivity index (χ2v) is 11.8. The highest BCUT2D eigenvalue weighted by atomic mass is 19.1. The fraction of sp³-hybridized carbons (Fsp3) is 0.486. The predicted molar refractivity (Wildman–Crippen MR) is 163 cm³/mol. The molecule has 8 nitrogen and oxygen atoms in total. The molecule has 8 atom stereocenters. The largest absolute Gasteiger partial charge is 0.368 e. The van der Waals surface area contributed by atoms with Gasteiger partial charge in [0.1, 0.15) is 37.2 Å². The van der Waals surface area contributed by atoms with Crippen LogP contribution in [0, 0.1) is 0 Å². The molecule has 0 aromatic heterocycles. The Balaban J connectivity index is 1.38. The van der Waals surface area contributed by atoms with Crippen molar-refractivity contribution in [2.45, 2.75) is 95.3 Å². The van der Waals surface area contributed by atoms with E-state index in [0.29, 0.717) is 0 Å².